The van der Waals surface area contributed by atoms with Crippen LogP contribution >= 0.6 is 0 Å². The van der Waals surface area contributed by atoms with Gasteiger partial charge in [0.05, 0.1) is 6.10 Å². The predicted octanol–water partition coefficient (Wildman–Crippen LogP) is 1.55. The molecule has 0 aliphatic heterocycles. The van der Waals surface area contributed by atoms with Crippen molar-refractivity contribution >= 4 is 0 Å². The molecule has 90 valence electrons. The van der Waals surface area contributed by atoms with E-state index in [0.29, 0.717) is 12.0 Å². The highest BCUT2D eigenvalue weighted by atomic mass is 16.5. The van der Waals surface area contributed by atoms with E-state index in [9.17, 15) is 5.11 Å². The Morgan fingerprint density at radius 1 is 1.40 bits per heavy atom. The molecular weight excluding hydrogens is 190 g/mol. The first-order valence-corrected chi connectivity index (χ1v) is 6.19. The van der Waals surface area contributed by atoms with Crippen molar-refractivity contribution < 1.29 is 9.84 Å². The summed E-state index contributed by atoms with van der Waals surface area (Å²) in [5, 5.41) is 13.0. The van der Waals surface area contributed by atoms with E-state index in [1.54, 1.807) is 0 Å². The van der Waals surface area contributed by atoms with Gasteiger partial charge in [-0.3, -0.25) is 0 Å². The van der Waals surface area contributed by atoms with Crippen LogP contribution < -0.4 is 5.32 Å². The third-order valence-corrected chi connectivity index (χ3v) is 2.80. The Balaban J connectivity index is 1.88. The molecule has 2 N–H and O–H groups in total. The summed E-state index contributed by atoms with van der Waals surface area (Å²) < 4.78 is 5.48. The van der Waals surface area contributed by atoms with Gasteiger partial charge in [0, 0.05) is 19.3 Å². The maximum Gasteiger partial charge on any atom is 0.0693 e. The van der Waals surface area contributed by atoms with Crippen LogP contribution in [0.1, 0.15) is 39.5 Å². The van der Waals surface area contributed by atoms with Crippen LogP contribution in [-0.2, 0) is 4.74 Å². The van der Waals surface area contributed by atoms with Crippen LogP contribution in [-0.4, -0.2) is 37.0 Å². The number of nitrogens with one attached hydrogen (secondary N) is 1. The van der Waals surface area contributed by atoms with Crippen molar-refractivity contribution in [2.45, 2.75) is 51.7 Å². The molecule has 2 atom stereocenters. The number of hydrogen-bond acceptors (Lipinski definition) is 3. The van der Waals surface area contributed by atoms with Crippen LogP contribution in [0, 0.1) is 5.92 Å². The second-order valence-electron chi connectivity index (χ2n) is 4.88. The average Bonchev–Trinajstić information content (AvgIpc) is 2.57. The van der Waals surface area contributed by atoms with E-state index in [-0.39, 0.29) is 6.10 Å². The summed E-state index contributed by atoms with van der Waals surface area (Å²) >= 11 is 0. The van der Waals surface area contributed by atoms with Gasteiger partial charge in [-0.15, -0.1) is 0 Å². The molecule has 0 bridgehead atoms. The smallest absolute Gasteiger partial charge is 0.0693 e. The molecule has 0 spiro atoms. The fraction of sp³-hybridized carbons (Fsp3) is 1.00. The molecule has 0 saturated heterocycles. The van der Waals surface area contributed by atoms with Gasteiger partial charge in [0.1, 0.15) is 0 Å². The van der Waals surface area contributed by atoms with Crippen molar-refractivity contribution in [2.24, 2.45) is 5.92 Å². The van der Waals surface area contributed by atoms with E-state index in [4.69, 9.17) is 4.74 Å². The molecule has 0 heterocycles. The number of aliphatic hydroxyl groups is 1. The standard InChI is InChI=1S/C12H25NO2/c1-10(2)9-15-8-4-7-13-11-5-3-6-12(11)14/h10-14H,3-9H2,1-2H3/t11-,12-/m0/s1. The Morgan fingerprint density at radius 3 is 2.80 bits per heavy atom. The zero-order valence-electron chi connectivity index (χ0n) is 10.0. The highest BCUT2D eigenvalue weighted by molar-refractivity contribution is 4.82. The van der Waals surface area contributed by atoms with Gasteiger partial charge in [-0.25, -0.2) is 0 Å². The quantitative estimate of drug-likeness (QED) is 0.633. The van der Waals surface area contributed by atoms with Crippen LogP contribution in [0.15, 0.2) is 0 Å². The highest BCUT2D eigenvalue weighted by Gasteiger charge is 2.23. The molecule has 0 aromatic rings. The van der Waals surface area contributed by atoms with Crippen LogP contribution in [0.4, 0.5) is 0 Å². The van der Waals surface area contributed by atoms with E-state index in [1.165, 1.54) is 0 Å². The largest absolute Gasteiger partial charge is 0.392 e. The monoisotopic (exact) mass is 215 g/mol. The van der Waals surface area contributed by atoms with Crippen molar-refractivity contribution in [2.75, 3.05) is 19.8 Å². The summed E-state index contributed by atoms with van der Waals surface area (Å²) in [7, 11) is 0. The Hall–Kier alpha value is -0.120. The molecule has 0 aromatic carbocycles. The molecule has 1 fully saturated rings. The minimum Gasteiger partial charge on any atom is -0.392 e. The van der Waals surface area contributed by atoms with E-state index in [2.05, 4.69) is 19.2 Å². The highest BCUT2D eigenvalue weighted by Crippen LogP contribution is 2.18. The molecule has 1 aliphatic carbocycles. The zero-order chi connectivity index (χ0) is 11.1. The number of aliphatic hydroxyl groups excluding tert-OH is 1. The van der Waals surface area contributed by atoms with Crippen LogP contribution in [0.25, 0.3) is 0 Å². The number of hydrogen-bond donors (Lipinski definition) is 2. The van der Waals surface area contributed by atoms with Crippen molar-refractivity contribution in [3.05, 3.63) is 0 Å². The molecular formula is C12H25NO2. The molecule has 0 unspecified atom stereocenters. The third-order valence-electron chi connectivity index (χ3n) is 2.80. The first-order valence-electron chi connectivity index (χ1n) is 6.19. The summed E-state index contributed by atoms with van der Waals surface area (Å²) in [5.74, 6) is 0.620. The van der Waals surface area contributed by atoms with Crippen molar-refractivity contribution in [3.63, 3.8) is 0 Å². The lowest BCUT2D eigenvalue weighted by molar-refractivity contribution is 0.104. The molecule has 0 aromatic heterocycles. The maximum atomic E-state index is 9.57. The van der Waals surface area contributed by atoms with E-state index in [1.807, 2.05) is 0 Å². The SMILES string of the molecule is CC(C)COCCCN[C@H]1CCC[C@@H]1O. The van der Waals surface area contributed by atoms with Crippen LogP contribution in [0.3, 0.4) is 0 Å². The van der Waals surface area contributed by atoms with Crippen molar-refractivity contribution in [3.8, 4) is 0 Å². The number of ether oxygens (including phenoxy) is 1. The second-order valence-corrected chi connectivity index (χ2v) is 4.88. The second kappa shape index (κ2) is 7.20. The first kappa shape index (κ1) is 12.9. The summed E-state index contributed by atoms with van der Waals surface area (Å²) in [6.07, 6.45) is 4.15. The molecule has 3 heteroatoms. The van der Waals surface area contributed by atoms with Gasteiger partial charge in [-0.05, 0) is 38.1 Å². The lowest BCUT2D eigenvalue weighted by atomic mass is 10.2. The maximum absolute atomic E-state index is 9.57. The summed E-state index contributed by atoms with van der Waals surface area (Å²) in [5.41, 5.74) is 0. The Morgan fingerprint density at radius 2 is 2.20 bits per heavy atom. The molecule has 15 heavy (non-hydrogen) atoms. The summed E-state index contributed by atoms with van der Waals surface area (Å²) in [6.45, 7) is 6.96. The lowest BCUT2D eigenvalue weighted by Crippen LogP contribution is -2.36. The first-order chi connectivity index (χ1) is 7.20. The van der Waals surface area contributed by atoms with Gasteiger partial charge in [-0.2, -0.15) is 0 Å². The Kier molecular flexibility index (Phi) is 6.22. The molecule has 0 amide bonds. The molecule has 3 nitrogen and oxygen atoms in total. The minimum absolute atomic E-state index is 0.124. The predicted molar refractivity (Wildman–Crippen MR) is 61.9 cm³/mol. The van der Waals surface area contributed by atoms with Crippen molar-refractivity contribution in [1.29, 1.82) is 0 Å². The van der Waals surface area contributed by atoms with Crippen molar-refractivity contribution in [1.82, 2.24) is 5.32 Å². The fourth-order valence-electron chi connectivity index (χ4n) is 1.96. The molecule has 0 radical (unpaired) electrons. The Labute approximate surface area is 93.2 Å². The lowest BCUT2D eigenvalue weighted by Gasteiger charge is -2.16. The van der Waals surface area contributed by atoms with Gasteiger partial charge in [0.2, 0.25) is 0 Å². The van der Waals surface area contributed by atoms with Gasteiger partial charge < -0.3 is 15.2 Å². The number of rotatable bonds is 7. The van der Waals surface area contributed by atoms with Crippen LogP contribution in [0.5, 0.6) is 0 Å². The Bertz CT molecular complexity index is 162. The summed E-state index contributed by atoms with van der Waals surface area (Å²) in [6, 6.07) is 0.329. The van der Waals surface area contributed by atoms with E-state index < -0.39 is 0 Å². The van der Waals surface area contributed by atoms with E-state index in [0.717, 1.165) is 45.4 Å². The zero-order valence-corrected chi connectivity index (χ0v) is 10.0. The average molecular weight is 215 g/mol. The van der Waals surface area contributed by atoms with Crippen LogP contribution in [0.2, 0.25) is 0 Å². The molecule has 1 aliphatic rings. The third kappa shape index (κ3) is 5.50. The summed E-state index contributed by atoms with van der Waals surface area (Å²) in [4.78, 5) is 0. The van der Waals surface area contributed by atoms with E-state index >= 15 is 0 Å². The minimum atomic E-state index is -0.124. The van der Waals surface area contributed by atoms with Gasteiger partial charge in [0.25, 0.3) is 0 Å². The molecule has 1 rings (SSSR count). The van der Waals surface area contributed by atoms with Gasteiger partial charge in [0.15, 0.2) is 0 Å². The normalized spacial score (nSPS) is 26.4. The molecule has 1 saturated carbocycles. The fourth-order valence-corrected chi connectivity index (χ4v) is 1.96. The topological polar surface area (TPSA) is 41.5 Å². The van der Waals surface area contributed by atoms with Gasteiger partial charge >= 0.3 is 0 Å². The van der Waals surface area contributed by atoms with Gasteiger partial charge in [-0.1, -0.05) is 13.8 Å².